The minimum Gasteiger partial charge on any atom is -0.431 e. The molecule has 1 aromatic heterocycles. The molecule has 2 N–H and O–H groups in total. The van der Waals surface area contributed by atoms with Crippen molar-refractivity contribution in [2.45, 2.75) is 20.4 Å². The van der Waals surface area contributed by atoms with Gasteiger partial charge in [-0.1, -0.05) is 12.1 Å². The summed E-state index contributed by atoms with van der Waals surface area (Å²) in [6.07, 6.45) is 0. The van der Waals surface area contributed by atoms with Crippen molar-refractivity contribution >= 4 is 5.69 Å². The van der Waals surface area contributed by atoms with Crippen LogP contribution < -0.4 is 10.5 Å². The number of aromatic nitrogens is 2. The molecule has 2 aromatic rings. The fourth-order valence-electron chi connectivity index (χ4n) is 2.05. The Bertz CT molecular complexity index is 664. The maximum absolute atomic E-state index is 11.1. The van der Waals surface area contributed by atoms with Crippen molar-refractivity contribution in [1.82, 2.24) is 9.78 Å². The van der Waals surface area contributed by atoms with Gasteiger partial charge in [0.2, 0.25) is 11.6 Å². The Morgan fingerprint density at radius 2 is 2.15 bits per heavy atom. The third-order valence-corrected chi connectivity index (χ3v) is 3.08. The molecule has 0 aliphatic heterocycles. The van der Waals surface area contributed by atoms with Crippen molar-refractivity contribution in [2.24, 2.45) is 12.8 Å². The van der Waals surface area contributed by atoms with Gasteiger partial charge in [0.15, 0.2) is 0 Å². The van der Waals surface area contributed by atoms with Crippen LogP contribution in [0.25, 0.3) is 0 Å². The highest BCUT2D eigenvalue weighted by Crippen LogP contribution is 2.36. The lowest BCUT2D eigenvalue weighted by Gasteiger charge is -2.10. The van der Waals surface area contributed by atoms with E-state index >= 15 is 0 Å². The van der Waals surface area contributed by atoms with Gasteiger partial charge >= 0.3 is 5.69 Å². The van der Waals surface area contributed by atoms with Crippen LogP contribution in [-0.2, 0) is 13.6 Å². The molecule has 0 fully saturated rings. The second-order valence-electron chi connectivity index (χ2n) is 4.48. The van der Waals surface area contributed by atoms with Crippen LogP contribution >= 0.6 is 0 Å². The molecule has 2 rings (SSSR count). The van der Waals surface area contributed by atoms with Gasteiger partial charge in [0.25, 0.3) is 0 Å². The fourth-order valence-corrected chi connectivity index (χ4v) is 2.05. The average Bonchev–Trinajstić information content (AvgIpc) is 2.65. The van der Waals surface area contributed by atoms with Crippen LogP contribution in [0, 0.1) is 24.0 Å². The Hall–Kier alpha value is -2.41. The molecule has 0 radical (unpaired) electrons. The largest absolute Gasteiger partial charge is 0.431 e. The molecule has 0 amide bonds. The van der Waals surface area contributed by atoms with Crippen molar-refractivity contribution in [1.29, 1.82) is 0 Å². The lowest BCUT2D eigenvalue weighted by molar-refractivity contribution is -0.385. The SMILES string of the molecule is Cc1cccc([N+](=O)[O-])c1Oc1c(CN)c(C)nn1C. The zero-order chi connectivity index (χ0) is 14.9. The normalized spacial score (nSPS) is 10.6. The van der Waals surface area contributed by atoms with Gasteiger partial charge in [0, 0.05) is 19.7 Å². The summed E-state index contributed by atoms with van der Waals surface area (Å²) in [5.41, 5.74) is 7.78. The number of para-hydroxylation sites is 1. The number of benzene rings is 1. The first-order valence-electron chi connectivity index (χ1n) is 6.10. The van der Waals surface area contributed by atoms with Crippen LogP contribution in [0.3, 0.4) is 0 Å². The zero-order valence-corrected chi connectivity index (χ0v) is 11.6. The molecule has 7 nitrogen and oxygen atoms in total. The second-order valence-corrected chi connectivity index (χ2v) is 4.48. The second kappa shape index (κ2) is 5.30. The topological polar surface area (TPSA) is 96.2 Å². The Morgan fingerprint density at radius 3 is 2.75 bits per heavy atom. The molecule has 0 atom stereocenters. The number of ether oxygens (including phenoxy) is 1. The first-order valence-corrected chi connectivity index (χ1v) is 6.10. The van der Waals surface area contributed by atoms with Gasteiger partial charge in [-0.15, -0.1) is 0 Å². The molecular formula is C13H16N4O3. The van der Waals surface area contributed by atoms with E-state index in [0.717, 1.165) is 11.3 Å². The monoisotopic (exact) mass is 276 g/mol. The lowest BCUT2D eigenvalue weighted by atomic mass is 10.2. The van der Waals surface area contributed by atoms with Crippen molar-refractivity contribution < 1.29 is 9.66 Å². The summed E-state index contributed by atoms with van der Waals surface area (Å²) < 4.78 is 7.29. The van der Waals surface area contributed by atoms with E-state index in [9.17, 15) is 10.1 Å². The molecule has 106 valence electrons. The van der Waals surface area contributed by atoms with Crippen LogP contribution in [0.5, 0.6) is 11.6 Å². The Labute approximate surface area is 116 Å². The fraction of sp³-hybridized carbons (Fsp3) is 0.308. The van der Waals surface area contributed by atoms with Crippen LogP contribution in [0.4, 0.5) is 5.69 Å². The number of hydrogen-bond donors (Lipinski definition) is 1. The number of nitrogens with zero attached hydrogens (tertiary/aromatic N) is 3. The molecule has 1 aromatic carbocycles. The summed E-state index contributed by atoms with van der Waals surface area (Å²) in [5, 5.41) is 15.3. The molecule has 0 unspecified atom stereocenters. The van der Waals surface area contributed by atoms with Crippen LogP contribution in [0.2, 0.25) is 0 Å². The highest BCUT2D eigenvalue weighted by atomic mass is 16.6. The van der Waals surface area contributed by atoms with E-state index in [1.807, 2.05) is 6.92 Å². The van der Waals surface area contributed by atoms with Gasteiger partial charge in [0.1, 0.15) is 0 Å². The molecule has 0 saturated heterocycles. The molecule has 1 heterocycles. The molecule has 7 heteroatoms. The minimum absolute atomic E-state index is 0.0770. The maximum atomic E-state index is 11.1. The van der Waals surface area contributed by atoms with Crippen molar-refractivity contribution in [3.63, 3.8) is 0 Å². The van der Waals surface area contributed by atoms with E-state index in [4.69, 9.17) is 10.5 Å². The summed E-state index contributed by atoms with van der Waals surface area (Å²) >= 11 is 0. The Morgan fingerprint density at radius 1 is 1.45 bits per heavy atom. The summed E-state index contributed by atoms with van der Waals surface area (Å²) in [6.45, 7) is 3.84. The molecule has 0 bridgehead atoms. The predicted octanol–water partition coefficient (Wildman–Crippen LogP) is 2.20. The third-order valence-electron chi connectivity index (χ3n) is 3.08. The zero-order valence-electron chi connectivity index (χ0n) is 11.6. The van der Waals surface area contributed by atoms with Gasteiger partial charge < -0.3 is 10.5 Å². The molecule has 0 saturated carbocycles. The lowest BCUT2D eigenvalue weighted by Crippen LogP contribution is -2.03. The maximum Gasteiger partial charge on any atom is 0.311 e. The standard InChI is InChI=1S/C13H16N4O3/c1-8-5-4-6-11(17(18)19)12(8)20-13-10(7-14)9(2)15-16(13)3/h4-6H,7,14H2,1-3H3. The molecule has 20 heavy (non-hydrogen) atoms. The Balaban J connectivity index is 2.53. The number of aryl methyl sites for hydroxylation is 3. The van der Waals surface area contributed by atoms with Gasteiger partial charge in [0.05, 0.1) is 16.2 Å². The highest BCUT2D eigenvalue weighted by molar-refractivity contribution is 5.53. The molecular weight excluding hydrogens is 260 g/mol. The smallest absolute Gasteiger partial charge is 0.311 e. The van der Waals surface area contributed by atoms with Gasteiger partial charge in [-0.05, 0) is 19.4 Å². The van der Waals surface area contributed by atoms with E-state index in [-0.39, 0.29) is 18.0 Å². The van der Waals surface area contributed by atoms with Crippen LogP contribution in [0.1, 0.15) is 16.8 Å². The quantitative estimate of drug-likeness (QED) is 0.682. The van der Waals surface area contributed by atoms with E-state index in [1.54, 1.807) is 26.1 Å². The Kier molecular flexibility index (Phi) is 3.71. The predicted molar refractivity (Wildman–Crippen MR) is 73.7 cm³/mol. The number of rotatable bonds is 4. The molecule has 0 aliphatic carbocycles. The molecule has 0 spiro atoms. The van der Waals surface area contributed by atoms with Crippen molar-refractivity contribution in [3.05, 3.63) is 45.1 Å². The highest BCUT2D eigenvalue weighted by Gasteiger charge is 2.21. The van der Waals surface area contributed by atoms with E-state index in [2.05, 4.69) is 5.10 Å². The van der Waals surface area contributed by atoms with E-state index in [1.165, 1.54) is 10.7 Å². The van der Waals surface area contributed by atoms with Crippen molar-refractivity contribution in [3.8, 4) is 11.6 Å². The first kappa shape index (κ1) is 14.0. The average molecular weight is 276 g/mol. The first-order chi connectivity index (χ1) is 9.45. The minimum atomic E-state index is -0.465. The number of nitrogens with two attached hydrogens (primary N) is 1. The van der Waals surface area contributed by atoms with E-state index in [0.29, 0.717) is 11.4 Å². The number of hydrogen-bond acceptors (Lipinski definition) is 5. The van der Waals surface area contributed by atoms with Crippen LogP contribution in [0.15, 0.2) is 18.2 Å². The third kappa shape index (κ3) is 2.35. The van der Waals surface area contributed by atoms with Crippen LogP contribution in [-0.4, -0.2) is 14.7 Å². The summed E-state index contributed by atoms with van der Waals surface area (Å²) in [4.78, 5) is 10.6. The summed E-state index contributed by atoms with van der Waals surface area (Å²) in [7, 11) is 1.71. The number of nitro groups is 1. The van der Waals surface area contributed by atoms with Crippen molar-refractivity contribution in [2.75, 3.05) is 0 Å². The van der Waals surface area contributed by atoms with Gasteiger partial charge in [-0.25, -0.2) is 4.68 Å². The summed E-state index contributed by atoms with van der Waals surface area (Å²) in [5.74, 6) is 0.651. The van der Waals surface area contributed by atoms with Gasteiger partial charge in [-0.3, -0.25) is 10.1 Å². The molecule has 0 aliphatic rings. The number of nitro benzene ring substituents is 1. The summed E-state index contributed by atoms with van der Waals surface area (Å²) in [6, 6.07) is 4.79. The van der Waals surface area contributed by atoms with Gasteiger partial charge in [-0.2, -0.15) is 5.10 Å². The van der Waals surface area contributed by atoms with E-state index < -0.39 is 4.92 Å².